The van der Waals surface area contributed by atoms with E-state index in [-0.39, 0.29) is 48.4 Å². The number of aromatic amines is 1. The monoisotopic (exact) mass is 368 g/mol. The van der Waals surface area contributed by atoms with Crippen molar-refractivity contribution in [2.75, 3.05) is 6.54 Å². The highest BCUT2D eigenvalue weighted by Crippen LogP contribution is 2.03. The van der Waals surface area contributed by atoms with Gasteiger partial charge in [-0.3, -0.25) is 19.5 Å². The summed E-state index contributed by atoms with van der Waals surface area (Å²) in [7, 11) is 0. The molecule has 0 saturated carbocycles. The van der Waals surface area contributed by atoms with E-state index in [0.717, 1.165) is 19.3 Å². The fourth-order valence-electron chi connectivity index (χ4n) is 2.62. The third-order valence-electron chi connectivity index (χ3n) is 4.00. The van der Waals surface area contributed by atoms with Crippen LogP contribution in [0.1, 0.15) is 32.6 Å². The van der Waals surface area contributed by atoms with Gasteiger partial charge in [-0.2, -0.15) is 0 Å². The summed E-state index contributed by atoms with van der Waals surface area (Å²) in [6.45, 7) is 2.59. The predicted molar refractivity (Wildman–Crippen MR) is 101 cm³/mol. The van der Waals surface area contributed by atoms with Gasteiger partial charge in [0, 0.05) is 19.0 Å². The van der Waals surface area contributed by atoms with Gasteiger partial charge in [0.25, 0.3) is 11.1 Å². The van der Waals surface area contributed by atoms with Crippen molar-refractivity contribution in [2.45, 2.75) is 45.2 Å². The van der Waals surface area contributed by atoms with Crippen molar-refractivity contribution in [3.05, 3.63) is 45.0 Å². The van der Waals surface area contributed by atoms with Crippen molar-refractivity contribution < 1.29 is 4.79 Å². The van der Waals surface area contributed by atoms with E-state index in [1.807, 2.05) is 0 Å². The minimum absolute atomic E-state index is 0. The Balaban J connectivity index is 0.00000312. The first-order valence-electron chi connectivity index (χ1n) is 8.28. The molecule has 7 nitrogen and oxygen atoms in total. The number of rotatable bonds is 8. The molecule has 2 rings (SSSR count). The number of nitrogens with zero attached hydrogens (tertiary/aromatic N) is 1. The Morgan fingerprint density at radius 1 is 1.28 bits per heavy atom. The zero-order chi connectivity index (χ0) is 17.5. The maximum atomic E-state index is 12.4. The fourth-order valence-corrected chi connectivity index (χ4v) is 2.62. The van der Waals surface area contributed by atoms with Crippen LogP contribution >= 0.6 is 12.4 Å². The van der Waals surface area contributed by atoms with E-state index in [1.54, 1.807) is 24.3 Å². The van der Waals surface area contributed by atoms with Gasteiger partial charge in [0.05, 0.1) is 17.3 Å². The van der Waals surface area contributed by atoms with Crippen molar-refractivity contribution in [2.24, 2.45) is 5.73 Å². The summed E-state index contributed by atoms with van der Waals surface area (Å²) in [6, 6.07) is 6.58. The Bertz CT molecular complexity index is 815. The molecule has 0 bridgehead atoms. The van der Waals surface area contributed by atoms with Gasteiger partial charge in [-0.25, -0.2) is 4.68 Å². The van der Waals surface area contributed by atoms with Crippen LogP contribution in [0.3, 0.4) is 0 Å². The lowest BCUT2D eigenvalue weighted by atomic mass is 10.1. The number of unbranched alkanes of at least 4 members (excludes halogenated alkanes) is 1. The second-order valence-electron chi connectivity index (χ2n) is 5.84. The van der Waals surface area contributed by atoms with Crippen molar-refractivity contribution in [1.29, 1.82) is 0 Å². The lowest BCUT2D eigenvalue weighted by molar-refractivity contribution is -0.122. The minimum Gasteiger partial charge on any atom is -0.352 e. The molecule has 2 aromatic rings. The number of nitrogens with two attached hydrogens (primary N) is 1. The topological polar surface area (TPSA) is 110 Å². The van der Waals surface area contributed by atoms with Crippen LogP contribution < -0.4 is 22.2 Å². The van der Waals surface area contributed by atoms with Crippen molar-refractivity contribution in [3.63, 3.8) is 0 Å². The molecular weight excluding hydrogens is 344 g/mol. The fraction of sp³-hybridized carbons (Fsp3) is 0.471. The summed E-state index contributed by atoms with van der Waals surface area (Å²) < 4.78 is 1.19. The van der Waals surface area contributed by atoms with Crippen LogP contribution in [0.15, 0.2) is 33.9 Å². The van der Waals surface area contributed by atoms with Gasteiger partial charge in [-0.1, -0.05) is 31.9 Å². The lowest BCUT2D eigenvalue weighted by Crippen LogP contribution is -2.41. The molecule has 4 N–H and O–H groups in total. The van der Waals surface area contributed by atoms with E-state index in [9.17, 15) is 14.4 Å². The van der Waals surface area contributed by atoms with Crippen LogP contribution in [0.5, 0.6) is 0 Å². The quantitative estimate of drug-likeness (QED) is 0.648. The highest BCUT2D eigenvalue weighted by atomic mass is 35.5. The number of benzene rings is 1. The summed E-state index contributed by atoms with van der Waals surface area (Å²) in [4.78, 5) is 36.4. The number of carbonyl (C=O) groups is 1. The molecular formula is C17H25ClN4O3. The van der Waals surface area contributed by atoms with Gasteiger partial charge in [0.15, 0.2) is 0 Å². The Kier molecular flexibility index (Phi) is 8.37. The number of H-pyrrole nitrogens is 1. The predicted octanol–water partition coefficient (Wildman–Crippen LogP) is 1.14. The number of hydrogen-bond acceptors (Lipinski definition) is 4. The number of carbonyl (C=O) groups excluding carboxylic acids is 1. The molecule has 0 aliphatic carbocycles. The minimum atomic E-state index is -0.339. The first-order chi connectivity index (χ1) is 11.6. The molecule has 1 unspecified atom stereocenters. The number of hydrogen-bond donors (Lipinski definition) is 3. The number of amides is 1. The molecule has 1 heterocycles. The van der Waals surface area contributed by atoms with Gasteiger partial charge in [-0.05, 0) is 18.6 Å². The molecule has 1 aromatic carbocycles. The molecule has 0 aliphatic heterocycles. The summed E-state index contributed by atoms with van der Waals surface area (Å²) in [5, 5.41) is 6.10. The van der Waals surface area contributed by atoms with Gasteiger partial charge >= 0.3 is 0 Å². The zero-order valence-electron chi connectivity index (χ0n) is 14.3. The number of aryl methyl sites for hydroxylation is 1. The molecule has 1 aromatic heterocycles. The number of fused-ring (bicyclic) bond motifs is 1. The Morgan fingerprint density at radius 3 is 2.60 bits per heavy atom. The van der Waals surface area contributed by atoms with Crippen LogP contribution in [0.4, 0.5) is 0 Å². The van der Waals surface area contributed by atoms with E-state index >= 15 is 0 Å². The first kappa shape index (κ1) is 20.9. The average Bonchev–Trinajstić information content (AvgIpc) is 2.60. The van der Waals surface area contributed by atoms with Gasteiger partial charge in [-0.15, -0.1) is 12.4 Å². The third kappa shape index (κ3) is 5.44. The Morgan fingerprint density at radius 2 is 1.96 bits per heavy atom. The number of halogens is 1. The van der Waals surface area contributed by atoms with Gasteiger partial charge in [0.2, 0.25) is 5.91 Å². The van der Waals surface area contributed by atoms with Crippen LogP contribution in [-0.4, -0.2) is 28.3 Å². The largest absolute Gasteiger partial charge is 0.352 e. The normalized spacial score (nSPS) is 11.8. The van der Waals surface area contributed by atoms with Crippen molar-refractivity contribution in [3.8, 4) is 0 Å². The SMILES string of the molecule is CCCCC(CN)NC(=O)CCn1[nH]c(=O)c2ccccc2c1=O.Cl. The second-order valence-corrected chi connectivity index (χ2v) is 5.84. The Labute approximate surface area is 152 Å². The molecule has 0 saturated heterocycles. The molecule has 0 aliphatic rings. The molecule has 0 radical (unpaired) electrons. The molecule has 8 heteroatoms. The third-order valence-corrected chi connectivity index (χ3v) is 4.00. The van der Waals surface area contributed by atoms with E-state index in [0.29, 0.717) is 17.3 Å². The van der Waals surface area contributed by atoms with Crippen molar-refractivity contribution in [1.82, 2.24) is 15.1 Å². The standard InChI is InChI=1S/C17H24N4O3.ClH/c1-2-3-6-12(11-18)19-15(22)9-10-21-17(24)14-8-5-4-7-13(14)16(23)20-21;/h4-5,7-8,12H,2-3,6,9-11,18H2,1H3,(H,19,22)(H,20,23);1H. The van der Waals surface area contributed by atoms with E-state index in [4.69, 9.17) is 5.73 Å². The summed E-state index contributed by atoms with van der Waals surface area (Å²) in [5.74, 6) is -0.178. The maximum Gasteiger partial charge on any atom is 0.273 e. The lowest BCUT2D eigenvalue weighted by Gasteiger charge is -2.16. The smallest absolute Gasteiger partial charge is 0.273 e. The molecule has 138 valence electrons. The molecule has 1 amide bonds. The molecule has 0 spiro atoms. The van der Waals surface area contributed by atoms with E-state index < -0.39 is 0 Å². The van der Waals surface area contributed by atoms with E-state index in [2.05, 4.69) is 17.3 Å². The Hall–Kier alpha value is -2.12. The highest BCUT2D eigenvalue weighted by Gasteiger charge is 2.12. The first-order valence-corrected chi connectivity index (χ1v) is 8.28. The second kappa shape index (κ2) is 10.0. The van der Waals surface area contributed by atoms with Crippen LogP contribution in [0.2, 0.25) is 0 Å². The molecule has 0 fully saturated rings. The van der Waals surface area contributed by atoms with Crippen molar-refractivity contribution >= 4 is 29.1 Å². The average molecular weight is 369 g/mol. The van der Waals surface area contributed by atoms with Gasteiger partial charge in [0.1, 0.15) is 0 Å². The zero-order valence-corrected chi connectivity index (χ0v) is 15.1. The van der Waals surface area contributed by atoms with Crippen LogP contribution in [0.25, 0.3) is 10.8 Å². The summed E-state index contributed by atoms with van der Waals surface area (Å²) in [5.41, 5.74) is 5.01. The van der Waals surface area contributed by atoms with Crippen LogP contribution in [-0.2, 0) is 11.3 Å². The summed E-state index contributed by atoms with van der Waals surface area (Å²) in [6.07, 6.45) is 2.99. The van der Waals surface area contributed by atoms with Crippen LogP contribution in [0, 0.1) is 0 Å². The molecule has 1 atom stereocenters. The van der Waals surface area contributed by atoms with Gasteiger partial charge < -0.3 is 11.1 Å². The number of nitrogens with one attached hydrogen (secondary N) is 2. The maximum absolute atomic E-state index is 12.4. The highest BCUT2D eigenvalue weighted by molar-refractivity contribution is 5.85. The molecule has 25 heavy (non-hydrogen) atoms. The number of aromatic nitrogens is 2. The van der Waals surface area contributed by atoms with E-state index in [1.165, 1.54) is 4.68 Å². The summed E-state index contributed by atoms with van der Waals surface area (Å²) >= 11 is 0.